The van der Waals surface area contributed by atoms with Crippen molar-refractivity contribution in [2.45, 2.75) is 26.7 Å². The number of ether oxygens (including phenoxy) is 1. The van der Waals surface area contributed by atoms with Crippen molar-refractivity contribution in [2.75, 3.05) is 6.61 Å². The van der Waals surface area contributed by atoms with Crippen molar-refractivity contribution in [1.29, 1.82) is 0 Å². The van der Waals surface area contributed by atoms with Crippen molar-refractivity contribution >= 4 is 5.78 Å². The van der Waals surface area contributed by atoms with Crippen LogP contribution in [-0.2, 0) is 6.42 Å². The third kappa shape index (κ3) is 2.22. The van der Waals surface area contributed by atoms with E-state index in [-0.39, 0.29) is 5.78 Å². The van der Waals surface area contributed by atoms with Gasteiger partial charge in [-0.15, -0.1) is 0 Å². The first-order valence-electron chi connectivity index (χ1n) is 7.09. The molecule has 0 aromatic heterocycles. The molecule has 0 unspecified atom stereocenters. The molecule has 0 fully saturated rings. The van der Waals surface area contributed by atoms with Crippen LogP contribution in [0.3, 0.4) is 0 Å². The van der Waals surface area contributed by atoms with E-state index in [1.54, 1.807) is 0 Å². The summed E-state index contributed by atoms with van der Waals surface area (Å²) in [5, 5.41) is 0. The topological polar surface area (TPSA) is 26.3 Å². The monoisotopic (exact) mass is 266 g/mol. The van der Waals surface area contributed by atoms with Gasteiger partial charge in [0.2, 0.25) is 0 Å². The minimum absolute atomic E-state index is 0.179. The fourth-order valence-electron chi connectivity index (χ4n) is 2.70. The summed E-state index contributed by atoms with van der Waals surface area (Å²) >= 11 is 0. The number of carbonyl (C=O) groups is 1. The Kier molecular flexibility index (Phi) is 3.31. The molecule has 1 heterocycles. The molecule has 3 rings (SSSR count). The van der Waals surface area contributed by atoms with E-state index in [9.17, 15) is 4.79 Å². The maximum absolute atomic E-state index is 12.0. The fourth-order valence-corrected chi connectivity index (χ4v) is 2.70. The van der Waals surface area contributed by atoms with Gasteiger partial charge in [-0.3, -0.25) is 4.79 Å². The second-order valence-electron chi connectivity index (χ2n) is 5.25. The fraction of sp³-hybridized carbons (Fsp3) is 0.278. The predicted molar refractivity (Wildman–Crippen MR) is 80.4 cm³/mol. The molecule has 1 aliphatic heterocycles. The van der Waals surface area contributed by atoms with Gasteiger partial charge in [-0.2, -0.15) is 0 Å². The third-order valence-corrected chi connectivity index (χ3v) is 3.82. The van der Waals surface area contributed by atoms with E-state index in [0.717, 1.165) is 23.3 Å². The van der Waals surface area contributed by atoms with Gasteiger partial charge in [-0.1, -0.05) is 36.8 Å². The summed E-state index contributed by atoms with van der Waals surface area (Å²) in [7, 11) is 0. The van der Waals surface area contributed by atoms with Gasteiger partial charge in [0.15, 0.2) is 5.78 Å². The molecular formula is C18H18O2. The van der Waals surface area contributed by atoms with Gasteiger partial charge in [-0.05, 0) is 42.2 Å². The van der Waals surface area contributed by atoms with E-state index in [0.29, 0.717) is 13.0 Å². The van der Waals surface area contributed by atoms with Crippen LogP contribution in [-0.4, -0.2) is 12.4 Å². The first-order chi connectivity index (χ1) is 9.69. The largest absolute Gasteiger partial charge is 0.492 e. The van der Waals surface area contributed by atoms with Crippen LogP contribution in [0.2, 0.25) is 0 Å². The average Bonchev–Trinajstić information content (AvgIpc) is 2.47. The van der Waals surface area contributed by atoms with Crippen molar-refractivity contribution in [3.8, 4) is 16.9 Å². The van der Waals surface area contributed by atoms with Crippen molar-refractivity contribution in [3.05, 3.63) is 53.1 Å². The summed E-state index contributed by atoms with van der Waals surface area (Å²) in [6.07, 6.45) is 1.46. The number of aryl methyl sites for hydroxylation is 2. The number of carbonyl (C=O) groups excluding carboxylic acids is 1. The molecule has 1 aliphatic rings. The van der Waals surface area contributed by atoms with Crippen LogP contribution >= 0.6 is 0 Å². The number of ketones is 1. The van der Waals surface area contributed by atoms with E-state index in [1.165, 1.54) is 16.7 Å². The van der Waals surface area contributed by atoms with Gasteiger partial charge in [0.1, 0.15) is 5.75 Å². The Morgan fingerprint density at radius 1 is 1.10 bits per heavy atom. The zero-order valence-electron chi connectivity index (χ0n) is 11.9. The molecule has 0 N–H and O–H groups in total. The smallest absolute Gasteiger partial charge is 0.170 e. The molecule has 0 radical (unpaired) electrons. The van der Waals surface area contributed by atoms with Crippen molar-refractivity contribution in [3.63, 3.8) is 0 Å². The average molecular weight is 266 g/mol. The number of Topliss-reactive ketones (excluding diaryl/α,β-unsaturated/α-hetero) is 1. The number of hydrogen-bond donors (Lipinski definition) is 0. The highest BCUT2D eigenvalue weighted by atomic mass is 16.5. The Labute approximate surface area is 119 Å². The van der Waals surface area contributed by atoms with Gasteiger partial charge in [-0.25, -0.2) is 0 Å². The van der Waals surface area contributed by atoms with E-state index in [2.05, 4.69) is 32.0 Å². The summed E-state index contributed by atoms with van der Waals surface area (Å²) in [6.45, 7) is 4.74. The molecule has 20 heavy (non-hydrogen) atoms. The first kappa shape index (κ1) is 12.9. The van der Waals surface area contributed by atoms with Gasteiger partial charge in [0.05, 0.1) is 12.2 Å². The molecule has 0 amide bonds. The molecule has 2 aromatic rings. The SMILES string of the molecule is CCc1ccc(C)cc1-c1ccc2c(c1)C(=O)CCO2. The molecule has 0 saturated heterocycles. The number of hydrogen-bond acceptors (Lipinski definition) is 2. The van der Waals surface area contributed by atoms with Gasteiger partial charge < -0.3 is 4.74 Å². The number of benzene rings is 2. The third-order valence-electron chi connectivity index (χ3n) is 3.82. The molecule has 0 atom stereocenters. The van der Waals surface area contributed by atoms with Crippen LogP contribution in [0.5, 0.6) is 5.75 Å². The molecule has 0 spiro atoms. The van der Waals surface area contributed by atoms with Gasteiger partial charge in [0, 0.05) is 6.42 Å². The quantitative estimate of drug-likeness (QED) is 0.814. The Morgan fingerprint density at radius 3 is 2.75 bits per heavy atom. The highest BCUT2D eigenvalue weighted by Crippen LogP contribution is 2.32. The zero-order chi connectivity index (χ0) is 14.1. The molecule has 2 heteroatoms. The van der Waals surface area contributed by atoms with Crippen LogP contribution < -0.4 is 4.74 Å². The second-order valence-corrected chi connectivity index (χ2v) is 5.25. The van der Waals surface area contributed by atoms with Crippen LogP contribution in [0.4, 0.5) is 0 Å². The maximum Gasteiger partial charge on any atom is 0.170 e. The highest BCUT2D eigenvalue weighted by molar-refractivity contribution is 6.00. The Morgan fingerprint density at radius 2 is 1.95 bits per heavy atom. The van der Waals surface area contributed by atoms with Gasteiger partial charge in [0.25, 0.3) is 0 Å². The highest BCUT2D eigenvalue weighted by Gasteiger charge is 2.19. The summed E-state index contributed by atoms with van der Waals surface area (Å²) in [4.78, 5) is 12.0. The molecule has 102 valence electrons. The normalized spacial score (nSPS) is 13.8. The van der Waals surface area contributed by atoms with Crippen molar-refractivity contribution in [2.24, 2.45) is 0 Å². The van der Waals surface area contributed by atoms with Crippen LogP contribution in [0.25, 0.3) is 11.1 Å². The minimum Gasteiger partial charge on any atom is -0.492 e. The number of rotatable bonds is 2. The van der Waals surface area contributed by atoms with E-state index in [4.69, 9.17) is 4.74 Å². The molecule has 0 saturated carbocycles. The van der Waals surface area contributed by atoms with Crippen molar-refractivity contribution < 1.29 is 9.53 Å². The van der Waals surface area contributed by atoms with Crippen LogP contribution in [0.1, 0.15) is 34.8 Å². The van der Waals surface area contributed by atoms with Gasteiger partial charge >= 0.3 is 0 Å². The summed E-state index contributed by atoms with van der Waals surface area (Å²) < 4.78 is 5.54. The molecule has 0 bridgehead atoms. The molecule has 2 aromatic carbocycles. The lowest BCUT2D eigenvalue weighted by atomic mass is 9.93. The molecule has 0 aliphatic carbocycles. The van der Waals surface area contributed by atoms with E-state index in [1.807, 2.05) is 18.2 Å². The minimum atomic E-state index is 0.179. The lowest BCUT2D eigenvalue weighted by Gasteiger charge is -2.18. The second kappa shape index (κ2) is 5.12. The van der Waals surface area contributed by atoms with Crippen LogP contribution in [0.15, 0.2) is 36.4 Å². The molecular weight excluding hydrogens is 248 g/mol. The zero-order valence-corrected chi connectivity index (χ0v) is 11.9. The van der Waals surface area contributed by atoms with Crippen LogP contribution in [0, 0.1) is 6.92 Å². The summed E-state index contributed by atoms with van der Waals surface area (Å²) in [5.74, 6) is 0.898. The summed E-state index contributed by atoms with van der Waals surface area (Å²) in [5.41, 5.74) is 5.58. The Balaban J connectivity index is 2.13. The lowest BCUT2D eigenvalue weighted by molar-refractivity contribution is 0.0933. The van der Waals surface area contributed by atoms with E-state index < -0.39 is 0 Å². The maximum atomic E-state index is 12.0. The van der Waals surface area contributed by atoms with Crippen molar-refractivity contribution in [1.82, 2.24) is 0 Å². The molecule has 2 nitrogen and oxygen atoms in total. The lowest BCUT2D eigenvalue weighted by Crippen LogP contribution is -2.15. The Bertz CT molecular complexity index is 671. The standard InChI is InChI=1S/C18H18O2/c1-3-13-5-4-12(2)10-15(13)14-6-7-18-16(11-14)17(19)8-9-20-18/h4-7,10-11H,3,8-9H2,1-2H3. The summed E-state index contributed by atoms with van der Waals surface area (Å²) in [6, 6.07) is 12.4. The van der Waals surface area contributed by atoms with E-state index >= 15 is 0 Å². The first-order valence-corrected chi connectivity index (χ1v) is 7.09. The Hall–Kier alpha value is -2.09. The predicted octanol–water partition coefficient (Wildman–Crippen LogP) is 4.19. The number of fused-ring (bicyclic) bond motifs is 1.